The summed E-state index contributed by atoms with van der Waals surface area (Å²) in [5.41, 5.74) is 0.954. The fourth-order valence-electron chi connectivity index (χ4n) is 3.74. The molecule has 1 spiro atoms. The van der Waals surface area contributed by atoms with Crippen molar-refractivity contribution in [1.29, 1.82) is 0 Å². The van der Waals surface area contributed by atoms with Crippen molar-refractivity contribution >= 4 is 17.5 Å². The highest BCUT2D eigenvalue weighted by Gasteiger charge is 2.36. The summed E-state index contributed by atoms with van der Waals surface area (Å²) < 4.78 is 0. The first kappa shape index (κ1) is 15.8. The summed E-state index contributed by atoms with van der Waals surface area (Å²) in [6.07, 6.45) is 7.65. The summed E-state index contributed by atoms with van der Waals surface area (Å²) in [6, 6.07) is 3.45. The van der Waals surface area contributed by atoms with Gasteiger partial charge in [-0.25, -0.2) is 4.98 Å². The molecule has 0 N–H and O–H groups in total. The van der Waals surface area contributed by atoms with Crippen molar-refractivity contribution in [3.8, 4) is 0 Å². The Labute approximate surface area is 137 Å². The van der Waals surface area contributed by atoms with Gasteiger partial charge in [-0.2, -0.15) is 0 Å². The predicted octanol–water partition coefficient (Wildman–Crippen LogP) is 3.07. The zero-order valence-electron chi connectivity index (χ0n) is 13.2. The van der Waals surface area contributed by atoms with Gasteiger partial charge in [-0.15, -0.1) is 0 Å². The van der Waals surface area contributed by atoms with Gasteiger partial charge in [-0.05, 0) is 69.8 Å². The summed E-state index contributed by atoms with van der Waals surface area (Å²) in [5, 5.41) is 0.566. The van der Waals surface area contributed by atoms with Gasteiger partial charge in [0.1, 0.15) is 5.69 Å². The normalized spacial score (nSPS) is 22.5. The second kappa shape index (κ2) is 6.55. The zero-order chi connectivity index (χ0) is 15.6. The van der Waals surface area contributed by atoms with E-state index in [9.17, 15) is 4.79 Å². The van der Waals surface area contributed by atoms with Crippen molar-refractivity contribution in [3.05, 3.63) is 29.0 Å². The number of hydrogen-bond donors (Lipinski definition) is 0. The molecule has 0 aliphatic carbocycles. The first-order valence-corrected chi connectivity index (χ1v) is 8.55. The second-order valence-electron chi connectivity index (χ2n) is 6.81. The molecular formula is C17H24ClN3O. The SMILES string of the molecule is CN1CCCC2(CC1)CCN(C(=O)c1ccc(Cl)cn1)CC2. The van der Waals surface area contributed by atoms with Gasteiger partial charge in [0.2, 0.25) is 0 Å². The summed E-state index contributed by atoms with van der Waals surface area (Å²) in [7, 11) is 2.21. The Kier molecular flexibility index (Phi) is 4.69. The molecule has 3 rings (SSSR count). The second-order valence-corrected chi connectivity index (χ2v) is 7.25. The highest BCUT2D eigenvalue weighted by atomic mass is 35.5. The van der Waals surface area contributed by atoms with E-state index in [4.69, 9.17) is 11.6 Å². The van der Waals surface area contributed by atoms with E-state index in [1.54, 1.807) is 18.3 Å². The van der Waals surface area contributed by atoms with Gasteiger partial charge in [0, 0.05) is 19.3 Å². The molecule has 1 aromatic heterocycles. The fraction of sp³-hybridized carbons (Fsp3) is 0.647. The van der Waals surface area contributed by atoms with Crippen LogP contribution in [-0.4, -0.2) is 53.9 Å². The number of rotatable bonds is 1. The van der Waals surface area contributed by atoms with E-state index in [1.165, 1.54) is 32.4 Å². The lowest BCUT2D eigenvalue weighted by Gasteiger charge is -2.41. The molecule has 0 bridgehead atoms. The molecule has 0 unspecified atom stereocenters. The molecular weight excluding hydrogens is 298 g/mol. The lowest BCUT2D eigenvalue weighted by molar-refractivity contribution is 0.0537. The molecule has 2 aliphatic rings. The van der Waals surface area contributed by atoms with Gasteiger partial charge in [0.15, 0.2) is 0 Å². The maximum atomic E-state index is 12.5. The minimum absolute atomic E-state index is 0.0391. The Morgan fingerprint density at radius 2 is 1.86 bits per heavy atom. The maximum absolute atomic E-state index is 12.5. The molecule has 0 atom stereocenters. The van der Waals surface area contributed by atoms with Crippen molar-refractivity contribution in [3.63, 3.8) is 0 Å². The molecule has 0 radical (unpaired) electrons. The predicted molar refractivity (Wildman–Crippen MR) is 88.2 cm³/mol. The number of likely N-dealkylation sites (tertiary alicyclic amines) is 2. The van der Waals surface area contributed by atoms with Crippen LogP contribution in [-0.2, 0) is 0 Å². The molecule has 2 fully saturated rings. The Morgan fingerprint density at radius 1 is 1.14 bits per heavy atom. The fourth-order valence-corrected chi connectivity index (χ4v) is 3.85. The topological polar surface area (TPSA) is 36.4 Å². The van der Waals surface area contributed by atoms with E-state index in [1.807, 2.05) is 4.90 Å². The number of carbonyl (C=O) groups is 1. The monoisotopic (exact) mass is 321 g/mol. The van der Waals surface area contributed by atoms with Crippen LogP contribution < -0.4 is 0 Å². The smallest absolute Gasteiger partial charge is 0.272 e. The molecule has 0 aromatic carbocycles. The van der Waals surface area contributed by atoms with Crippen LogP contribution in [0.3, 0.4) is 0 Å². The zero-order valence-corrected chi connectivity index (χ0v) is 14.0. The Morgan fingerprint density at radius 3 is 2.55 bits per heavy atom. The summed E-state index contributed by atoms with van der Waals surface area (Å²) in [6.45, 7) is 4.10. The molecule has 5 heteroatoms. The Balaban J connectivity index is 1.61. The lowest BCUT2D eigenvalue weighted by atomic mass is 9.73. The average Bonchev–Trinajstić information content (AvgIpc) is 2.71. The van der Waals surface area contributed by atoms with Crippen LogP contribution in [0.15, 0.2) is 18.3 Å². The molecule has 1 amide bonds. The number of aromatic nitrogens is 1. The van der Waals surface area contributed by atoms with Crippen LogP contribution in [0.1, 0.15) is 42.6 Å². The largest absolute Gasteiger partial charge is 0.337 e. The minimum atomic E-state index is 0.0391. The molecule has 2 saturated heterocycles. The average molecular weight is 322 g/mol. The van der Waals surface area contributed by atoms with E-state index in [-0.39, 0.29) is 5.91 Å². The number of pyridine rings is 1. The summed E-state index contributed by atoms with van der Waals surface area (Å²) in [5.74, 6) is 0.0391. The number of nitrogens with zero attached hydrogens (tertiary/aromatic N) is 3. The van der Waals surface area contributed by atoms with E-state index in [0.29, 0.717) is 16.1 Å². The molecule has 1 aromatic rings. The number of amides is 1. The highest BCUT2D eigenvalue weighted by molar-refractivity contribution is 6.30. The first-order chi connectivity index (χ1) is 10.6. The third-order valence-electron chi connectivity index (χ3n) is 5.33. The third-order valence-corrected chi connectivity index (χ3v) is 5.55. The maximum Gasteiger partial charge on any atom is 0.272 e. The Bertz CT molecular complexity index is 523. The minimum Gasteiger partial charge on any atom is -0.337 e. The van der Waals surface area contributed by atoms with Crippen molar-refractivity contribution in [2.24, 2.45) is 5.41 Å². The summed E-state index contributed by atoms with van der Waals surface area (Å²) in [4.78, 5) is 21.1. The van der Waals surface area contributed by atoms with Crippen LogP contribution in [0.2, 0.25) is 5.02 Å². The van der Waals surface area contributed by atoms with Gasteiger partial charge in [-0.1, -0.05) is 11.6 Å². The molecule has 0 saturated carbocycles. The van der Waals surface area contributed by atoms with Gasteiger partial charge in [0.05, 0.1) is 5.02 Å². The van der Waals surface area contributed by atoms with E-state index < -0.39 is 0 Å². The van der Waals surface area contributed by atoms with E-state index >= 15 is 0 Å². The van der Waals surface area contributed by atoms with Crippen LogP contribution in [0.25, 0.3) is 0 Å². The van der Waals surface area contributed by atoms with Crippen LogP contribution in [0, 0.1) is 5.41 Å². The van der Waals surface area contributed by atoms with Crippen molar-refractivity contribution in [2.45, 2.75) is 32.1 Å². The van der Waals surface area contributed by atoms with Crippen molar-refractivity contribution in [2.75, 3.05) is 33.2 Å². The molecule has 3 heterocycles. The standard InChI is InChI=1S/C17H24ClN3O/c1-20-9-2-5-17(6-10-20)7-11-21(12-8-17)16(22)15-4-3-14(18)13-19-15/h3-4,13H,2,5-12H2,1H3. The molecule has 4 nitrogen and oxygen atoms in total. The number of piperidine rings is 1. The quantitative estimate of drug-likeness (QED) is 0.797. The summed E-state index contributed by atoms with van der Waals surface area (Å²) >= 11 is 5.84. The van der Waals surface area contributed by atoms with E-state index in [2.05, 4.69) is 16.9 Å². The van der Waals surface area contributed by atoms with Gasteiger partial charge >= 0.3 is 0 Å². The van der Waals surface area contributed by atoms with Gasteiger partial charge in [-0.3, -0.25) is 4.79 Å². The van der Waals surface area contributed by atoms with Crippen LogP contribution in [0.4, 0.5) is 0 Å². The van der Waals surface area contributed by atoms with Crippen LogP contribution >= 0.6 is 11.6 Å². The number of hydrogen-bond acceptors (Lipinski definition) is 3. The van der Waals surface area contributed by atoms with Gasteiger partial charge in [0.25, 0.3) is 5.91 Å². The number of carbonyl (C=O) groups excluding carboxylic acids is 1. The van der Waals surface area contributed by atoms with Crippen LogP contribution in [0.5, 0.6) is 0 Å². The van der Waals surface area contributed by atoms with Gasteiger partial charge < -0.3 is 9.80 Å². The molecule has 22 heavy (non-hydrogen) atoms. The molecule has 2 aliphatic heterocycles. The molecule has 120 valence electrons. The number of halogens is 1. The van der Waals surface area contributed by atoms with E-state index in [0.717, 1.165) is 25.9 Å². The highest BCUT2D eigenvalue weighted by Crippen LogP contribution is 2.41. The van der Waals surface area contributed by atoms with Crippen molar-refractivity contribution < 1.29 is 4.79 Å². The van der Waals surface area contributed by atoms with Crippen molar-refractivity contribution in [1.82, 2.24) is 14.8 Å². The first-order valence-electron chi connectivity index (χ1n) is 8.17. The Hall–Kier alpha value is -1.13. The lowest BCUT2D eigenvalue weighted by Crippen LogP contribution is -2.43. The third kappa shape index (κ3) is 3.44.